The molecule has 28 heavy (non-hydrogen) atoms. The molecule has 3 nitrogen and oxygen atoms in total. The van der Waals surface area contributed by atoms with Crippen LogP contribution >= 0.6 is 11.6 Å². The van der Waals surface area contributed by atoms with Gasteiger partial charge in [0.1, 0.15) is 11.3 Å². The molecule has 0 bridgehead atoms. The zero-order valence-electron chi connectivity index (χ0n) is 16.1. The minimum absolute atomic E-state index is 0.0766. The summed E-state index contributed by atoms with van der Waals surface area (Å²) in [5, 5.41) is 3.78. The SMILES string of the molecule is C=C(c1nc(Cl)cc2c(NC3CCN(C)CC3F)cccc12)C(F)(F)F.CC. The average molecular weight is 418 g/mol. The van der Waals surface area contributed by atoms with Gasteiger partial charge in [-0.15, -0.1) is 0 Å². The van der Waals surface area contributed by atoms with Crippen molar-refractivity contribution < 1.29 is 17.6 Å². The van der Waals surface area contributed by atoms with Gasteiger partial charge in [0, 0.05) is 29.5 Å². The number of rotatable bonds is 3. The van der Waals surface area contributed by atoms with Crippen molar-refractivity contribution in [2.24, 2.45) is 0 Å². The Bertz CT molecular complexity index is 838. The van der Waals surface area contributed by atoms with Gasteiger partial charge in [-0.1, -0.05) is 44.2 Å². The third-order valence-corrected chi connectivity index (χ3v) is 4.75. The van der Waals surface area contributed by atoms with Crippen LogP contribution in [0.3, 0.4) is 0 Å². The zero-order valence-corrected chi connectivity index (χ0v) is 16.8. The molecule has 3 rings (SSSR count). The van der Waals surface area contributed by atoms with Gasteiger partial charge in [0.05, 0.1) is 17.3 Å². The largest absolute Gasteiger partial charge is 0.417 e. The van der Waals surface area contributed by atoms with Crippen LogP contribution in [0.4, 0.5) is 23.2 Å². The first-order valence-corrected chi connectivity index (χ1v) is 9.49. The van der Waals surface area contributed by atoms with Crippen molar-refractivity contribution in [3.63, 3.8) is 0 Å². The smallest absolute Gasteiger partial charge is 0.379 e. The van der Waals surface area contributed by atoms with Crippen molar-refractivity contribution in [2.45, 2.75) is 38.7 Å². The normalized spacial score (nSPS) is 20.4. The highest BCUT2D eigenvalue weighted by Crippen LogP contribution is 2.38. The first-order chi connectivity index (χ1) is 13.2. The summed E-state index contributed by atoms with van der Waals surface area (Å²) < 4.78 is 53.6. The first-order valence-electron chi connectivity index (χ1n) is 9.11. The fraction of sp³-hybridized carbons (Fsp3) is 0.450. The maximum absolute atomic E-state index is 14.3. The molecule has 2 unspecified atom stereocenters. The quantitative estimate of drug-likeness (QED) is 0.494. The summed E-state index contributed by atoms with van der Waals surface area (Å²) in [4.78, 5) is 5.72. The summed E-state index contributed by atoms with van der Waals surface area (Å²) in [6.45, 7) is 8.16. The van der Waals surface area contributed by atoms with Crippen LogP contribution in [-0.4, -0.2) is 48.4 Å². The second-order valence-electron chi connectivity index (χ2n) is 6.49. The lowest BCUT2D eigenvalue weighted by molar-refractivity contribution is -0.0688. The van der Waals surface area contributed by atoms with Crippen LogP contribution < -0.4 is 5.32 Å². The Hall–Kier alpha value is -1.86. The number of allylic oxidation sites excluding steroid dienone is 1. The molecule has 1 aliphatic rings. The number of hydrogen-bond acceptors (Lipinski definition) is 3. The van der Waals surface area contributed by atoms with E-state index in [1.807, 2.05) is 25.8 Å². The van der Waals surface area contributed by atoms with Crippen molar-refractivity contribution in [2.75, 3.05) is 25.5 Å². The van der Waals surface area contributed by atoms with E-state index in [0.29, 0.717) is 24.0 Å². The van der Waals surface area contributed by atoms with Crippen LogP contribution in [-0.2, 0) is 0 Å². The fourth-order valence-electron chi connectivity index (χ4n) is 3.15. The second-order valence-corrected chi connectivity index (χ2v) is 6.88. The highest BCUT2D eigenvalue weighted by Gasteiger charge is 2.35. The molecule has 1 fully saturated rings. The Kier molecular flexibility index (Phi) is 7.28. The minimum atomic E-state index is -4.62. The van der Waals surface area contributed by atoms with Crippen molar-refractivity contribution in [3.05, 3.63) is 41.7 Å². The molecule has 0 saturated carbocycles. The Morgan fingerprint density at radius 3 is 2.57 bits per heavy atom. The molecule has 1 aliphatic heterocycles. The van der Waals surface area contributed by atoms with E-state index >= 15 is 0 Å². The number of likely N-dealkylation sites (tertiary alicyclic amines) is 1. The van der Waals surface area contributed by atoms with Gasteiger partial charge in [0.15, 0.2) is 0 Å². The summed E-state index contributed by atoms with van der Waals surface area (Å²) >= 11 is 5.95. The molecule has 0 spiro atoms. The molecule has 2 heterocycles. The maximum atomic E-state index is 14.3. The molecule has 0 aliphatic carbocycles. The standard InChI is InChI=1S/C18H18ClF4N3.C2H6/c1-10(18(21,22)23)17-11-4-3-5-14(12(11)8-16(19)25-17)24-15-6-7-26(2)9-13(15)20;1-2/h3-5,8,13,15,24H,1,6-7,9H2,2H3;1-2H3. The number of hydrogen-bond donors (Lipinski definition) is 1. The molecule has 2 aromatic rings. The van der Waals surface area contributed by atoms with Gasteiger partial charge >= 0.3 is 6.18 Å². The average Bonchev–Trinajstić information content (AvgIpc) is 2.64. The Morgan fingerprint density at radius 2 is 1.96 bits per heavy atom. The topological polar surface area (TPSA) is 28.2 Å². The second kappa shape index (κ2) is 9.09. The number of anilines is 1. The molecule has 154 valence electrons. The minimum Gasteiger partial charge on any atom is -0.379 e. The number of benzene rings is 1. The van der Waals surface area contributed by atoms with E-state index in [1.165, 1.54) is 12.1 Å². The van der Waals surface area contributed by atoms with Gasteiger partial charge in [0.2, 0.25) is 0 Å². The van der Waals surface area contributed by atoms with Crippen LogP contribution in [0.15, 0.2) is 30.8 Å². The number of halogens is 5. The molecule has 1 aromatic carbocycles. The Labute approximate surface area is 167 Å². The lowest BCUT2D eigenvalue weighted by Gasteiger charge is -2.33. The van der Waals surface area contributed by atoms with Gasteiger partial charge in [-0.05, 0) is 25.6 Å². The summed E-state index contributed by atoms with van der Waals surface area (Å²) in [6, 6.07) is 5.89. The highest BCUT2D eigenvalue weighted by atomic mass is 35.5. The summed E-state index contributed by atoms with van der Waals surface area (Å²) in [6.07, 6.45) is -5.10. The van der Waals surface area contributed by atoms with E-state index in [-0.39, 0.29) is 16.2 Å². The number of nitrogens with zero attached hydrogens (tertiary/aromatic N) is 2. The Morgan fingerprint density at radius 1 is 1.29 bits per heavy atom. The van der Waals surface area contributed by atoms with E-state index in [2.05, 4.69) is 16.9 Å². The summed E-state index contributed by atoms with van der Waals surface area (Å²) in [5.74, 6) is 0. The molecule has 0 amide bonds. The number of piperidine rings is 1. The van der Waals surface area contributed by atoms with Crippen LogP contribution in [0.1, 0.15) is 26.0 Å². The molecule has 2 atom stereocenters. The van der Waals surface area contributed by atoms with Gasteiger partial charge < -0.3 is 10.2 Å². The van der Waals surface area contributed by atoms with Gasteiger partial charge in [0.25, 0.3) is 0 Å². The van der Waals surface area contributed by atoms with Crippen LogP contribution in [0.2, 0.25) is 5.15 Å². The Balaban J connectivity index is 0.00000136. The molecule has 1 N–H and O–H groups in total. The van der Waals surface area contributed by atoms with Crippen molar-refractivity contribution in [3.8, 4) is 0 Å². The summed E-state index contributed by atoms with van der Waals surface area (Å²) in [7, 11) is 1.85. The molecular weight excluding hydrogens is 394 g/mol. The van der Waals surface area contributed by atoms with Crippen molar-refractivity contribution >= 4 is 33.6 Å². The number of nitrogens with one attached hydrogen (secondary N) is 1. The molecular formula is C20H24ClF4N3. The van der Waals surface area contributed by atoms with Crippen LogP contribution in [0, 0.1) is 0 Å². The number of alkyl halides is 4. The van der Waals surface area contributed by atoms with Gasteiger partial charge in [-0.25, -0.2) is 9.37 Å². The van der Waals surface area contributed by atoms with Gasteiger partial charge in [-0.2, -0.15) is 13.2 Å². The highest BCUT2D eigenvalue weighted by molar-refractivity contribution is 6.30. The predicted molar refractivity (Wildman–Crippen MR) is 108 cm³/mol. The number of pyridine rings is 1. The predicted octanol–water partition coefficient (Wildman–Crippen LogP) is 5.94. The lowest BCUT2D eigenvalue weighted by atomic mass is 10.0. The van der Waals surface area contributed by atoms with Crippen LogP contribution in [0.25, 0.3) is 16.3 Å². The van der Waals surface area contributed by atoms with Gasteiger partial charge in [-0.3, -0.25) is 0 Å². The van der Waals surface area contributed by atoms with E-state index in [1.54, 1.807) is 12.1 Å². The molecule has 1 aromatic heterocycles. The van der Waals surface area contributed by atoms with E-state index in [0.717, 1.165) is 6.54 Å². The third-order valence-electron chi connectivity index (χ3n) is 4.56. The third kappa shape index (κ3) is 4.94. The summed E-state index contributed by atoms with van der Waals surface area (Å²) in [5.41, 5.74) is -0.853. The molecule has 0 radical (unpaired) electrons. The van der Waals surface area contributed by atoms with Crippen LogP contribution in [0.5, 0.6) is 0 Å². The lowest BCUT2D eigenvalue weighted by Crippen LogP contribution is -2.46. The van der Waals surface area contributed by atoms with Crippen molar-refractivity contribution in [1.29, 1.82) is 0 Å². The fourth-order valence-corrected chi connectivity index (χ4v) is 3.35. The number of aromatic nitrogens is 1. The zero-order chi connectivity index (χ0) is 21.1. The van der Waals surface area contributed by atoms with E-state index < -0.39 is 24.0 Å². The molecule has 8 heteroatoms. The monoisotopic (exact) mass is 417 g/mol. The van der Waals surface area contributed by atoms with E-state index in [4.69, 9.17) is 11.6 Å². The van der Waals surface area contributed by atoms with Crippen molar-refractivity contribution in [1.82, 2.24) is 9.88 Å². The molecule has 1 saturated heterocycles. The first kappa shape index (κ1) is 22.4. The van der Waals surface area contributed by atoms with E-state index in [9.17, 15) is 17.6 Å². The maximum Gasteiger partial charge on any atom is 0.417 e. The number of fused-ring (bicyclic) bond motifs is 1.